The van der Waals surface area contributed by atoms with E-state index in [1.54, 1.807) is 34.6 Å². The number of carbonyl (C=O) groups excluding carboxylic acids is 6. The van der Waals surface area contributed by atoms with Gasteiger partial charge in [-0.25, -0.2) is 0 Å². The molecule has 53 heavy (non-hydrogen) atoms. The molecule has 0 aromatic carbocycles. The van der Waals surface area contributed by atoms with E-state index < -0.39 is 80.7 Å². The standard InChI is InChI=1S/C19H35NO6.C19H30O7.CH4/c1-9-18(4,16(24)26-11-10-20(6)7)13-19(5,15(23)25-8)12-17(2,3)14(21)22;1-8-13(20)10-26-16(24)18(5,9-2)12-19(6,15(23)25-7)11-17(3,4)14(21)22;/h9-13H2,1-8H3,(H,21,22);8H,1,9-12H2,2-7H3,(H,21,22);1H4/p-1. The minimum Gasteiger partial charge on any atom is -0.550 e. The van der Waals surface area contributed by atoms with Gasteiger partial charge in [0.25, 0.3) is 0 Å². The Bertz CT molecular complexity index is 1290. The van der Waals surface area contributed by atoms with Crippen molar-refractivity contribution >= 4 is 41.6 Å². The zero-order valence-corrected chi connectivity index (χ0v) is 33.9. The number of ketones is 1. The molecule has 1 N–H and O–H groups in total. The molecule has 4 unspecified atom stereocenters. The van der Waals surface area contributed by atoms with Gasteiger partial charge < -0.3 is 38.9 Å². The second-order valence-corrected chi connectivity index (χ2v) is 16.2. The van der Waals surface area contributed by atoms with E-state index in [0.717, 1.165) is 6.08 Å². The number of nitrogens with zero attached hydrogens (tertiary/aromatic N) is 1. The zero-order chi connectivity index (χ0) is 41.5. The second-order valence-electron chi connectivity index (χ2n) is 16.2. The Morgan fingerprint density at radius 2 is 1.04 bits per heavy atom. The van der Waals surface area contributed by atoms with Crippen molar-refractivity contribution in [3.05, 3.63) is 12.7 Å². The van der Waals surface area contributed by atoms with Crippen LogP contribution < -0.4 is 5.11 Å². The summed E-state index contributed by atoms with van der Waals surface area (Å²) in [5, 5.41) is 20.8. The quantitative estimate of drug-likeness (QED) is 0.0908. The fourth-order valence-electron chi connectivity index (χ4n) is 6.28. The highest BCUT2D eigenvalue weighted by Gasteiger charge is 2.50. The molecule has 0 bridgehead atoms. The van der Waals surface area contributed by atoms with Crippen LogP contribution >= 0.6 is 0 Å². The molecular formula is C39H68NO13-. The van der Waals surface area contributed by atoms with Crippen molar-refractivity contribution in [2.45, 2.75) is 115 Å². The summed E-state index contributed by atoms with van der Waals surface area (Å²) in [6.07, 6.45) is 1.98. The van der Waals surface area contributed by atoms with Gasteiger partial charge in [0.05, 0.1) is 41.3 Å². The van der Waals surface area contributed by atoms with Crippen molar-refractivity contribution in [3.8, 4) is 0 Å². The molecule has 308 valence electrons. The van der Waals surface area contributed by atoms with E-state index in [2.05, 4.69) is 6.58 Å². The minimum atomic E-state index is -1.25. The molecule has 0 aromatic rings. The SMILES string of the molecule is C.C=CC(=O)COC(=O)C(C)(CC)CC(C)(CC(C)(C)C(=O)O)C(=O)OC.CCC(C)(CC(C)(CC(C)(C)C(=O)[O-])C(=O)OC)C(=O)OCCN(C)C. The molecule has 0 fully saturated rings. The van der Waals surface area contributed by atoms with E-state index in [4.69, 9.17) is 18.9 Å². The van der Waals surface area contributed by atoms with Gasteiger partial charge in [0.2, 0.25) is 0 Å². The maximum absolute atomic E-state index is 12.6. The summed E-state index contributed by atoms with van der Waals surface area (Å²) >= 11 is 0. The maximum Gasteiger partial charge on any atom is 0.312 e. The van der Waals surface area contributed by atoms with Crippen molar-refractivity contribution in [3.63, 3.8) is 0 Å². The van der Waals surface area contributed by atoms with Gasteiger partial charge in [0.15, 0.2) is 12.4 Å². The molecule has 14 heteroatoms. The lowest BCUT2D eigenvalue weighted by molar-refractivity contribution is -0.318. The third kappa shape index (κ3) is 16.4. The molecule has 0 spiro atoms. The summed E-state index contributed by atoms with van der Waals surface area (Å²) in [7, 11) is 6.23. The lowest BCUT2D eigenvalue weighted by Crippen LogP contribution is -2.47. The number of methoxy groups -OCH3 is 2. The topological polar surface area (TPSA) is 203 Å². The van der Waals surface area contributed by atoms with Gasteiger partial charge in [-0.15, -0.1) is 0 Å². The molecular weight excluding hydrogens is 690 g/mol. The highest BCUT2D eigenvalue weighted by Crippen LogP contribution is 2.46. The fraction of sp³-hybridized carbons (Fsp3) is 0.769. The summed E-state index contributed by atoms with van der Waals surface area (Å²) < 4.78 is 20.2. The molecule has 4 atom stereocenters. The van der Waals surface area contributed by atoms with Crippen molar-refractivity contribution in [2.24, 2.45) is 32.5 Å². The van der Waals surface area contributed by atoms with Crippen molar-refractivity contribution in [1.29, 1.82) is 0 Å². The van der Waals surface area contributed by atoms with Crippen LogP contribution in [0.1, 0.15) is 115 Å². The molecule has 0 saturated heterocycles. The molecule has 14 nitrogen and oxygen atoms in total. The van der Waals surface area contributed by atoms with Crippen LogP contribution in [0, 0.1) is 32.5 Å². The van der Waals surface area contributed by atoms with Crippen LogP contribution in [0.4, 0.5) is 0 Å². The van der Waals surface area contributed by atoms with Gasteiger partial charge in [-0.1, -0.05) is 41.7 Å². The highest BCUT2D eigenvalue weighted by atomic mass is 16.5. The lowest BCUT2D eigenvalue weighted by Gasteiger charge is -2.40. The van der Waals surface area contributed by atoms with Crippen LogP contribution in [0.5, 0.6) is 0 Å². The van der Waals surface area contributed by atoms with Crippen molar-refractivity contribution < 1.29 is 62.7 Å². The summed E-state index contributed by atoms with van der Waals surface area (Å²) in [4.78, 5) is 86.2. The molecule has 0 aromatic heterocycles. The van der Waals surface area contributed by atoms with E-state index in [-0.39, 0.29) is 39.7 Å². The number of carboxylic acid groups (broad SMARTS) is 2. The Morgan fingerprint density at radius 1 is 0.660 bits per heavy atom. The van der Waals surface area contributed by atoms with Gasteiger partial charge in [0.1, 0.15) is 6.61 Å². The first kappa shape index (κ1) is 53.5. The largest absolute Gasteiger partial charge is 0.550 e. The molecule has 0 aliphatic heterocycles. The first-order valence-electron chi connectivity index (χ1n) is 17.3. The van der Waals surface area contributed by atoms with Crippen molar-refractivity contribution in [1.82, 2.24) is 4.90 Å². The van der Waals surface area contributed by atoms with Crippen LogP contribution in [0.3, 0.4) is 0 Å². The Labute approximate surface area is 317 Å². The first-order valence-corrected chi connectivity index (χ1v) is 17.3. The molecule has 0 saturated carbocycles. The third-order valence-corrected chi connectivity index (χ3v) is 9.60. The lowest BCUT2D eigenvalue weighted by atomic mass is 9.65. The van der Waals surface area contributed by atoms with E-state index >= 15 is 0 Å². The predicted molar refractivity (Wildman–Crippen MR) is 198 cm³/mol. The summed E-state index contributed by atoms with van der Waals surface area (Å²) in [5.41, 5.74) is -6.84. The Kier molecular flexibility index (Phi) is 22.0. The van der Waals surface area contributed by atoms with Gasteiger partial charge >= 0.3 is 29.8 Å². The van der Waals surface area contributed by atoms with Crippen LogP contribution in [-0.4, -0.2) is 99.7 Å². The van der Waals surface area contributed by atoms with Crippen LogP contribution in [0.15, 0.2) is 12.7 Å². The van der Waals surface area contributed by atoms with Crippen molar-refractivity contribution in [2.75, 3.05) is 48.1 Å². The van der Waals surface area contributed by atoms with Gasteiger partial charge in [0, 0.05) is 17.9 Å². The van der Waals surface area contributed by atoms with Crippen LogP contribution in [0.2, 0.25) is 0 Å². The monoisotopic (exact) mass is 758 g/mol. The molecule has 0 aliphatic carbocycles. The number of aliphatic carboxylic acids is 2. The average Bonchev–Trinajstić information content (AvgIpc) is 3.05. The second kappa shape index (κ2) is 21.8. The predicted octanol–water partition coefficient (Wildman–Crippen LogP) is 4.65. The molecule has 0 amide bonds. The van der Waals surface area contributed by atoms with Gasteiger partial charge in [-0.05, 0) is 100 Å². The number of ether oxygens (including phenoxy) is 4. The van der Waals surface area contributed by atoms with E-state index in [9.17, 15) is 43.8 Å². The molecule has 0 rings (SSSR count). The smallest absolute Gasteiger partial charge is 0.312 e. The zero-order valence-electron chi connectivity index (χ0n) is 33.9. The highest BCUT2D eigenvalue weighted by molar-refractivity contribution is 5.92. The molecule has 0 aliphatic rings. The number of carbonyl (C=O) groups is 7. The summed E-state index contributed by atoms with van der Waals surface area (Å²) in [6.45, 7) is 19.9. The first-order chi connectivity index (χ1) is 23.5. The molecule has 0 heterocycles. The fourth-order valence-corrected chi connectivity index (χ4v) is 6.28. The number of carboxylic acids is 2. The Morgan fingerprint density at radius 3 is 1.34 bits per heavy atom. The number of hydrogen-bond acceptors (Lipinski definition) is 13. The average molecular weight is 759 g/mol. The normalized spacial score (nSPS) is 15.9. The van der Waals surface area contributed by atoms with Crippen LogP contribution in [-0.2, 0) is 52.5 Å². The number of esters is 4. The maximum atomic E-state index is 12.6. The number of hydrogen-bond donors (Lipinski definition) is 1. The van der Waals surface area contributed by atoms with Crippen LogP contribution in [0.25, 0.3) is 0 Å². The van der Waals surface area contributed by atoms with Gasteiger partial charge in [-0.3, -0.25) is 28.8 Å². The minimum absolute atomic E-state index is 0. The third-order valence-electron chi connectivity index (χ3n) is 9.60. The van der Waals surface area contributed by atoms with Gasteiger partial charge in [-0.2, -0.15) is 0 Å². The number of rotatable bonds is 22. The Balaban J connectivity index is -0.000000926. The van der Waals surface area contributed by atoms with E-state index in [1.807, 2.05) is 25.9 Å². The van der Waals surface area contributed by atoms with E-state index in [1.165, 1.54) is 41.9 Å². The summed E-state index contributed by atoms with van der Waals surface area (Å²) in [6, 6.07) is 0. The number of likely N-dealkylation sites (N-methyl/N-ethyl adjacent to an activating group) is 1. The summed E-state index contributed by atoms with van der Waals surface area (Å²) in [5.74, 6) is -4.90. The Hall–Kier alpha value is -3.81. The van der Waals surface area contributed by atoms with E-state index in [0.29, 0.717) is 19.4 Å². The molecule has 0 radical (unpaired) electrons.